The first kappa shape index (κ1) is 14.1. The average molecular weight is 270 g/mol. The number of hydrogen-bond donors (Lipinski definition) is 1. The van der Waals surface area contributed by atoms with Crippen molar-refractivity contribution in [1.29, 1.82) is 0 Å². The monoisotopic (exact) mass is 270 g/mol. The molecule has 0 spiro atoms. The van der Waals surface area contributed by atoms with Crippen LogP contribution in [0, 0.1) is 30.9 Å². The normalized spacial score (nSPS) is 10.3. The van der Waals surface area contributed by atoms with Crippen molar-refractivity contribution in [1.82, 2.24) is 0 Å². The van der Waals surface area contributed by atoms with Crippen LogP contribution < -0.4 is 5.32 Å². The minimum atomic E-state index is -0.342. The van der Waals surface area contributed by atoms with Crippen molar-refractivity contribution in [3.8, 4) is 0 Å². The molecule has 2 rings (SSSR count). The van der Waals surface area contributed by atoms with Gasteiger partial charge in [0, 0.05) is 12.6 Å². The summed E-state index contributed by atoms with van der Waals surface area (Å²) in [4.78, 5) is 10.8. The third-order valence-corrected chi connectivity index (χ3v) is 3.37. The fourth-order valence-corrected chi connectivity index (χ4v) is 2.11. The maximum atomic E-state index is 11.1. The second-order valence-corrected chi connectivity index (χ2v) is 5.05. The third-order valence-electron chi connectivity index (χ3n) is 3.37. The van der Waals surface area contributed by atoms with E-state index < -0.39 is 0 Å². The number of anilines is 1. The van der Waals surface area contributed by atoms with Gasteiger partial charge < -0.3 is 5.32 Å². The lowest BCUT2D eigenvalue weighted by molar-refractivity contribution is -0.384. The molecule has 0 aromatic heterocycles. The SMILES string of the molecule is Cc1cccc(CNc2cc(C)c(C)cc2[N+](=O)[O-])c1. The van der Waals surface area contributed by atoms with E-state index in [-0.39, 0.29) is 10.6 Å². The Balaban J connectivity index is 2.24. The summed E-state index contributed by atoms with van der Waals surface area (Å²) in [6, 6.07) is 11.5. The van der Waals surface area contributed by atoms with Crippen LogP contribution in [-0.2, 0) is 6.54 Å². The van der Waals surface area contributed by atoms with Crippen LogP contribution in [0.5, 0.6) is 0 Å². The van der Waals surface area contributed by atoms with Gasteiger partial charge in [0.15, 0.2) is 0 Å². The molecular formula is C16H18N2O2. The largest absolute Gasteiger partial charge is 0.375 e. The van der Waals surface area contributed by atoms with E-state index in [2.05, 4.69) is 11.4 Å². The number of rotatable bonds is 4. The molecule has 0 atom stereocenters. The van der Waals surface area contributed by atoms with Gasteiger partial charge in [-0.15, -0.1) is 0 Å². The lowest BCUT2D eigenvalue weighted by Crippen LogP contribution is -2.04. The van der Waals surface area contributed by atoms with Crippen LogP contribution in [0.4, 0.5) is 11.4 Å². The van der Waals surface area contributed by atoms with Gasteiger partial charge in [0.25, 0.3) is 5.69 Å². The van der Waals surface area contributed by atoms with Gasteiger partial charge in [0.05, 0.1) is 4.92 Å². The molecule has 1 N–H and O–H groups in total. The predicted octanol–water partition coefficient (Wildman–Crippen LogP) is 4.13. The Kier molecular flexibility index (Phi) is 4.03. The zero-order chi connectivity index (χ0) is 14.7. The lowest BCUT2D eigenvalue weighted by atomic mass is 10.1. The zero-order valence-electron chi connectivity index (χ0n) is 11.9. The van der Waals surface area contributed by atoms with Gasteiger partial charge in [-0.1, -0.05) is 29.8 Å². The van der Waals surface area contributed by atoms with Crippen molar-refractivity contribution in [2.24, 2.45) is 0 Å². The highest BCUT2D eigenvalue weighted by Gasteiger charge is 2.15. The van der Waals surface area contributed by atoms with E-state index >= 15 is 0 Å². The van der Waals surface area contributed by atoms with Crippen LogP contribution in [0.3, 0.4) is 0 Å². The molecule has 0 saturated heterocycles. The summed E-state index contributed by atoms with van der Waals surface area (Å²) in [5, 5.41) is 14.3. The van der Waals surface area contributed by atoms with Crippen LogP contribution in [0.25, 0.3) is 0 Å². The highest BCUT2D eigenvalue weighted by molar-refractivity contribution is 5.64. The maximum Gasteiger partial charge on any atom is 0.292 e. The average Bonchev–Trinajstić information content (AvgIpc) is 2.39. The molecule has 0 radical (unpaired) electrons. The molecule has 0 aliphatic heterocycles. The molecule has 2 aromatic carbocycles. The van der Waals surface area contributed by atoms with Crippen LogP contribution >= 0.6 is 0 Å². The molecule has 0 amide bonds. The highest BCUT2D eigenvalue weighted by atomic mass is 16.6. The van der Waals surface area contributed by atoms with Gasteiger partial charge in [-0.05, 0) is 43.5 Å². The predicted molar refractivity (Wildman–Crippen MR) is 81.1 cm³/mol. The van der Waals surface area contributed by atoms with Gasteiger partial charge in [-0.3, -0.25) is 10.1 Å². The first-order valence-electron chi connectivity index (χ1n) is 6.52. The van der Waals surface area contributed by atoms with Gasteiger partial charge in [-0.25, -0.2) is 0 Å². The van der Waals surface area contributed by atoms with E-state index in [1.165, 1.54) is 5.56 Å². The molecule has 4 nitrogen and oxygen atoms in total. The molecule has 4 heteroatoms. The van der Waals surface area contributed by atoms with Gasteiger partial charge in [0.2, 0.25) is 0 Å². The van der Waals surface area contributed by atoms with E-state index in [1.807, 2.05) is 45.0 Å². The Bertz CT molecular complexity index is 651. The number of nitro benzene ring substituents is 1. The van der Waals surface area contributed by atoms with Gasteiger partial charge in [-0.2, -0.15) is 0 Å². The maximum absolute atomic E-state index is 11.1. The van der Waals surface area contributed by atoms with Crippen molar-refractivity contribution in [2.75, 3.05) is 5.32 Å². The number of nitrogens with one attached hydrogen (secondary N) is 1. The van der Waals surface area contributed by atoms with E-state index in [1.54, 1.807) is 6.07 Å². The number of nitro groups is 1. The molecule has 0 saturated carbocycles. The second kappa shape index (κ2) is 5.74. The summed E-state index contributed by atoms with van der Waals surface area (Å²) in [6.45, 7) is 6.44. The van der Waals surface area contributed by atoms with Crippen molar-refractivity contribution in [3.63, 3.8) is 0 Å². The Morgan fingerprint density at radius 2 is 1.80 bits per heavy atom. The first-order valence-corrected chi connectivity index (χ1v) is 6.52. The fourth-order valence-electron chi connectivity index (χ4n) is 2.11. The minimum absolute atomic E-state index is 0.126. The van der Waals surface area contributed by atoms with E-state index in [0.29, 0.717) is 12.2 Å². The summed E-state index contributed by atoms with van der Waals surface area (Å²) < 4.78 is 0. The minimum Gasteiger partial charge on any atom is -0.375 e. The molecule has 0 aliphatic rings. The molecule has 0 bridgehead atoms. The third kappa shape index (κ3) is 3.15. The number of nitrogens with zero attached hydrogens (tertiary/aromatic N) is 1. The van der Waals surface area contributed by atoms with Crippen LogP contribution in [0.15, 0.2) is 36.4 Å². The molecule has 2 aromatic rings. The fraction of sp³-hybridized carbons (Fsp3) is 0.250. The molecule has 20 heavy (non-hydrogen) atoms. The first-order chi connectivity index (χ1) is 9.47. The highest BCUT2D eigenvalue weighted by Crippen LogP contribution is 2.28. The van der Waals surface area contributed by atoms with Gasteiger partial charge >= 0.3 is 0 Å². The number of benzene rings is 2. The Morgan fingerprint density at radius 3 is 2.45 bits per heavy atom. The Morgan fingerprint density at radius 1 is 1.10 bits per heavy atom. The molecular weight excluding hydrogens is 252 g/mol. The van der Waals surface area contributed by atoms with Crippen LogP contribution in [0.2, 0.25) is 0 Å². The van der Waals surface area contributed by atoms with E-state index in [0.717, 1.165) is 16.7 Å². The summed E-state index contributed by atoms with van der Waals surface area (Å²) in [5.74, 6) is 0. The van der Waals surface area contributed by atoms with Crippen molar-refractivity contribution < 1.29 is 4.92 Å². The Labute approximate surface area is 118 Å². The van der Waals surface area contributed by atoms with Crippen molar-refractivity contribution >= 4 is 11.4 Å². The van der Waals surface area contributed by atoms with E-state index in [4.69, 9.17) is 0 Å². The van der Waals surface area contributed by atoms with Gasteiger partial charge in [0.1, 0.15) is 5.69 Å². The standard InChI is InChI=1S/C16H18N2O2/c1-11-5-4-6-14(7-11)10-17-15-8-12(2)13(3)9-16(15)18(19)20/h4-9,17H,10H2,1-3H3. The lowest BCUT2D eigenvalue weighted by Gasteiger charge is -2.10. The van der Waals surface area contributed by atoms with Crippen molar-refractivity contribution in [3.05, 3.63) is 68.8 Å². The second-order valence-electron chi connectivity index (χ2n) is 5.05. The zero-order valence-corrected chi connectivity index (χ0v) is 11.9. The molecule has 0 aliphatic carbocycles. The topological polar surface area (TPSA) is 55.2 Å². The summed E-state index contributed by atoms with van der Waals surface area (Å²) in [6.07, 6.45) is 0. The van der Waals surface area contributed by atoms with E-state index in [9.17, 15) is 10.1 Å². The molecule has 104 valence electrons. The smallest absolute Gasteiger partial charge is 0.292 e. The summed E-state index contributed by atoms with van der Waals surface area (Å²) in [5.41, 5.74) is 4.96. The molecule has 0 heterocycles. The summed E-state index contributed by atoms with van der Waals surface area (Å²) in [7, 11) is 0. The molecule has 0 unspecified atom stereocenters. The van der Waals surface area contributed by atoms with Crippen molar-refractivity contribution in [2.45, 2.75) is 27.3 Å². The number of aryl methyl sites for hydroxylation is 3. The van der Waals surface area contributed by atoms with Crippen LogP contribution in [0.1, 0.15) is 22.3 Å². The van der Waals surface area contributed by atoms with Crippen LogP contribution in [-0.4, -0.2) is 4.92 Å². The number of hydrogen-bond acceptors (Lipinski definition) is 3. The quantitative estimate of drug-likeness (QED) is 0.671. The molecule has 0 fully saturated rings. The Hall–Kier alpha value is -2.36. The summed E-state index contributed by atoms with van der Waals surface area (Å²) >= 11 is 0.